The van der Waals surface area contributed by atoms with E-state index >= 15 is 0 Å². The van der Waals surface area contributed by atoms with Crippen molar-refractivity contribution in [2.24, 2.45) is 0 Å². The molecule has 8 heteroatoms. The molecule has 1 aromatic carbocycles. The van der Waals surface area contributed by atoms with Crippen LogP contribution < -0.4 is 0 Å². The monoisotopic (exact) mass is 375 g/mol. The van der Waals surface area contributed by atoms with Gasteiger partial charge in [0.25, 0.3) is 0 Å². The van der Waals surface area contributed by atoms with Gasteiger partial charge in [-0.3, -0.25) is 14.4 Å². The van der Waals surface area contributed by atoms with E-state index in [1.54, 1.807) is 19.1 Å². The Hall–Kier alpha value is -3.03. The van der Waals surface area contributed by atoms with Crippen LogP contribution in [0.5, 0.6) is 0 Å². The molecule has 1 amide bonds. The highest BCUT2D eigenvalue weighted by molar-refractivity contribution is 6.08. The maximum atomic E-state index is 13.1. The highest BCUT2D eigenvalue weighted by atomic mass is 19.1. The number of amides is 1. The Morgan fingerprint density at radius 2 is 2.04 bits per heavy atom. The van der Waals surface area contributed by atoms with Crippen molar-refractivity contribution in [2.45, 2.75) is 32.4 Å². The van der Waals surface area contributed by atoms with Gasteiger partial charge < -0.3 is 14.7 Å². The number of benzene rings is 1. The van der Waals surface area contributed by atoms with E-state index < -0.39 is 29.5 Å². The molecule has 0 bridgehead atoms. The van der Waals surface area contributed by atoms with Gasteiger partial charge >= 0.3 is 17.6 Å². The molecule has 3 rings (SSSR count). The van der Waals surface area contributed by atoms with Gasteiger partial charge in [0, 0.05) is 6.54 Å². The number of Topliss-reactive ketones (excluding diaryl/α,β-unsaturated/α-hetero) is 1. The van der Waals surface area contributed by atoms with Crippen LogP contribution in [-0.2, 0) is 25.7 Å². The smallest absolute Gasteiger partial charge is 0.323 e. The summed E-state index contributed by atoms with van der Waals surface area (Å²) in [6.07, 6.45) is 1.48. The van der Waals surface area contributed by atoms with Gasteiger partial charge in [-0.1, -0.05) is 12.1 Å². The molecular weight excluding hydrogens is 355 g/mol. The molecule has 0 aliphatic carbocycles. The van der Waals surface area contributed by atoms with Crippen molar-refractivity contribution >= 4 is 23.9 Å². The van der Waals surface area contributed by atoms with Crippen LogP contribution in [0, 0.1) is 5.82 Å². The molecule has 1 N–H and O–H groups in total. The number of carbonyl (C=O) groups excluding carboxylic acids is 3. The summed E-state index contributed by atoms with van der Waals surface area (Å²) in [5.74, 6) is -2.47. The Labute approximate surface area is 155 Å². The molecule has 0 saturated carbocycles. The fourth-order valence-corrected chi connectivity index (χ4v) is 3.26. The van der Waals surface area contributed by atoms with Gasteiger partial charge in [0.05, 0.1) is 19.6 Å². The third-order valence-corrected chi connectivity index (χ3v) is 4.53. The summed E-state index contributed by atoms with van der Waals surface area (Å²) in [5.41, 5.74) is 0.563. The molecule has 1 atom stereocenters. The van der Waals surface area contributed by atoms with E-state index in [1.165, 1.54) is 27.8 Å². The zero-order chi connectivity index (χ0) is 19.6. The number of carbonyl (C=O) groups is 3. The van der Waals surface area contributed by atoms with Gasteiger partial charge in [-0.05, 0) is 24.6 Å². The zero-order valence-electron chi connectivity index (χ0n) is 14.9. The summed E-state index contributed by atoms with van der Waals surface area (Å²) in [7, 11) is 0. The van der Waals surface area contributed by atoms with Crippen LogP contribution in [0.15, 0.2) is 35.7 Å². The van der Waals surface area contributed by atoms with Crippen LogP contribution in [0.25, 0.3) is 0 Å². The number of aliphatic hydroxyl groups is 1. The topological polar surface area (TPSA) is 86.9 Å². The third kappa shape index (κ3) is 3.89. The minimum Gasteiger partial charge on any atom is -0.500 e. The number of rotatable bonds is 5. The molecule has 2 aliphatic rings. The average Bonchev–Trinajstić information content (AvgIpc) is 2.63. The van der Waals surface area contributed by atoms with E-state index in [9.17, 15) is 23.9 Å². The Balaban J connectivity index is 1.91. The van der Waals surface area contributed by atoms with Gasteiger partial charge in [-0.15, -0.1) is 0 Å². The minimum absolute atomic E-state index is 0.00249. The Morgan fingerprint density at radius 3 is 2.70 bits per heavy atom. The molecule has 1 saturated heterocycles. The standard InChI is InChI=1S/C19H19FN2O5/c1-2-27-16(24)9-14-11-21(10-12-3-5-13(20)6-4-12)19(26)17-18(25)15(23)7-8-22(14)17/h3-6,8,14H,2,7,9-11H2,1H3/p+1. The maximum absolute atomic E-state index is 13.1. The van der Waals surface area contributed by atoms with Crippen LogP contribution in [0.3, 0.4) is 0 Å². The van der Waals surface area contributed by atoms with Crippen molar-refractivity contribution < 1.29 is 33.2 Å². The van der Waals surface area contributed by atoms with E-state index in [4.69, 9.17) is 4.74 Å². The highest BCUT2D eigenvalue weighted by Gasteiger charge is 2.47. The summed E-state index contributed by atoms with van der Waals surface area (Å²) < 4.78 is 19.6. The molecule has 0 aromatic heterocycles. The first kappa shape index (κ1) is 18.8. The van der Waals surface area contributed by atoms with Crippen molar-refractivity contribution in [2.75, 3.05) is 13.2 Å². The molecule has 0 radical (unpaired) electrons. The number of esters is 1. The lowest BCUT2D eigenvalue weighted by molar-refractivity contribution is -0.520. The second kappa shape index (κ2) is 7.69. The first-order chi connectivity index (χ1) is 12.9. The number of ether oxygens (including phenoxy) is 1. The number of ketones is 1. The van der Waals surface area contributed by atoms with Crippen LogP contribution in [0.4, 0.5) is 4.39 Å². The second-order valence-electron chi connectivity index (χ2n) is 6.39. The van der Waals surface area contributed by atoms with Crippen molar-refractivity contribution in [3.8, 4) is 0 Å². The van der Waals surface area contributed by atoms with Gasteiger partial charge in [0.1, 0.15) is 12.2 Å². The van der Waals surface area contributed by atoms with E-state index in [-0.39, 0.29) is 44.1 Å². The number of hydrogen-bond acceptors (Lipinski definition) is 5. The van der Waals surface area contributed by atoms with Crippen molar-refractivity contribution in [3.63, 3.8) is 0 Å². The molecule has 2 heterocycles. The van der Waals surface area contributed by atoms with Gasteiger partial charge in [0.15, 0.2) is 12.3 Å². The van der Waals surface area contributed by atoms with E-state index in [0.717, 1.165) is 0 Å². The van der Waals surface area contributed by atoms with Gasteiger partial charge in [0.2, 0.25) is 11.5 Å². The fraction of sp³-hybridized carbons (Fsp3) is 0.368. The fourth-order valence-electron chi connectivity index (χ4n) is 3.26. The molecule has 7 nitrogen and oxygen atoms in total. The highest BCUT2D eigenvalue weighted by Crippen LogP contribution is 2.25. The predicted molar refractivity (Wildman–Crippen MR) is 92.5 cm³/mol. The molecule has 27 heavy (non-hydrogen) atoms. The van der Waals surface area contributed by atoms with E-state index in [0.29, 0.717) is 5.56 Å². The van der Waals surface area contributed by atoms with Gasteiger partial charge in [-0.25, -0.2) is 4.39 Å². The van der Waals surface area contributed by atoms with E-state index in [1.807, 2.05) is 0 Å². The van der Waals surface area contributed by atoms with E-state index in [2.05, 4.69) is 0 Å². The molecule has 1 aromatic rings. The summed E-state index contributed by atoms with van der Waals surface area (Å²) in [6, 6.07) is 5.23. The number of nitrogens with zero attached hydrogens (tertiary/aromatic N) is 2. The van der Waals surface area contributed by atoms with Crippen LogP contribution >= 0.6 is 0 Å². The molecule has 142 valence electrons. The zero-order valence-corrected chi connectivity index (χ0v) is 14.9. The molecule has 1 fully saturated rings. The number of aliphatic hydroxyl groups excluding tert-OH is 1. The largest absolute Gasteiger partial charge is 0.500 e. The Bertz CT molecular complexity index is 844. The van der Waals surface area contributed by atoms with Crippen LogP contribution in [0.1, 0.15) is 25.3 Å². The van der Waals surface area contributed by atoms with Crippen LogP contribution in [-0.4, -0.2) is 57.6 Å². The third-order valence-electron chi connectivity index (χ3n) is 4.53. The second-order valence-corrected chi connectivity index (χ2v) is 6.39. The predicted octanol–water partition coefficient (Wildman–Crippen LogP) is 1.32. The van der Waals surface area contributed by atoms with Crippen molar-refractivity contribution in [1.82, 2.24) is 4.90 Å². The summed E-state index contributed by atoms with van der Waals surface area (Å²) in [6.45, 7) is 2.31. The summed E-state index contributed by atoms with van der Waals surface area (Å²) in [4.78, 5) is 38.1. The molecule has 0 spiro atoms. The molecular formula is C19H20FN2O5+. The number of fused-ring (bicyclic) bond motifs is 1. The maximum Gasteiger partial charge on any atom is 0.323 e. The van der Waals surface area contributed by atoms with Crippen molar-refractivity contribution in [3.05, 3.63) is 47.1 Å². The first-order valence-corrected chi connectivity index (χ1v) is 8.68. The normalized spacial score (nSPS) is 19.7. The number of halogens is 1. The average molecular weight is 375 g/mol. The van der Waals surface area contributed by atoms with Crippen LogP contribution in [0.2, 0.25) is 0 Å². The Morgan fingerprint density at radius 1 is 1.33 bits per heavy atom. The SMILES string of the molecule is CCOC(=O)CC1CN(Cc2ccc(F)cc2)C(=O)C2=C(O)C(=O)CC=[N+]21. The molecule has 1 unspecified atom stereocenters. The first-order valence-electron chi connectivity index (χ1n) is 8.68. The number of piperazine rings is 1. The lowest BCUT2D eigenvalue weighted by atomic mass is 10.0. The number of hydrogen-bond donors (Lipinski definition) is 1. The lowest BCUT2D eigenvalue weighted by Crippen LogP contribution is -2.53. The number of allylic oxidation sites excluding steroid dienone is 1. The van der Waals surface area contributed by atoms with Gasteiger partial charge in [-0.2, -0.15) is 4.58 Å². The lowest BCUT2D eigenvalue weighted by Gasteiger charge is -2.32. The molecule has 2 aliphatic heterocycles. The quantitative estimate of drug-likeness (QED) is 0.620. The Kier molecular flexibility index (Phi) is 5.34. The summed E-state index contributed by atoms with van der Waals surface area (Å²) in [5, 5.41) is 10.2. The van der Waals surface area contributed by atoms with Crippen molar-refractivity contribution in [1.29, 1.82) is 0 Å². The minimum atomic E-state index is -0.597. The summed E-state index contributed by atoms with van der Waals surface area (Å²) >= 11 is 0.